The molecule has 1 unspecified atom stereocenters. The predicted octanol–water partition coefficient (Wildman–Crippen LogP) is 1.85. The second kappa shape index (κ2) is 4.84. The summed E-state index contributed by atoms with van der Waals surface area (Å²) < 4.78 is 13.8. The van der Waals surface area contributed by atoms with Crippen LogP contribution in [0.4, 0.5) is 10.1 Å². The minimum atomic E-state index is -0.324. The third-order valence-corrected chi connectivity index (χ3v) is 3.25. The smallest absolute Gasteiger partial charge is 0.244 e. The number of nitrogens with one attached hydrogen (secondary N) is 1. The van der Waals surface area contributed by atoms with E-state index in [-0.39, 0.29) is 17.8 Å². The van der Waals surface area contributed by atoms with Crippen LogP contribution in [0.25, 0.3) is 0 Å². The molecule has 1 aliphatic heterocycles. The van der Waals surface area contributed by atoms with Crippen LogP contribution >= 0.6 is 0 Å². The minimum absolute atomic E-state index is 0.0352. The number of piperidine rings is 1. The van der Waals surface area contributed by atoms with Crippen LogP contribution in [0, 0.1) is 12.7 Å². The van der Waals surface area contributed by atoms with E-state index in [0.717, 1.165) is 18.4 Å². The number of likely N-dealkylation sites (N-methyl/N-ethyl adjacent to an activating group) is 1. The first-order valence-electron chi connectivity index (χ1n) is 5.89. The number of carbonyl (C=O) groups excluding carboxylic acids is 1. The van der Waals surface area contributed by atoms with E-state index < -0.39 is 0 Å². The highest BCUT2D eigenvalue weighted by atomic mass is 19.1. The van der Waals surface area contributed by atoms with E-state index >= 15 is 0 Å². The van der Waals surface area contributed by atoms with Gasteiger partial charge in [-0.1, -0.05) is 12.1 Å². The Hall–Kier alpha value is -1.42. The van der Waals surface area contributed by atoms with Gasteiger partial charge in [0.25, 0.3) is 0 Å². The van der Waals surface area contributed by atoms with E-state index in [1.807, 2.05) is 13.0 Å². The zero-order valence-electron chi connectivity index (χ0n) is 10.2. The molecule has 1 atom stereocenters. The Balaban J connectivity index is 2.36. The number of carbonyl (C=O) groups is 1. The van der Waals surface area contributed by atoms with Crippen molar-refractivity contribution in [1.29, 1.82) is 0 Å². The van der Waals surface area contributed by atoms with E-state index in [0.29, 0.717) is 12.2 Å². The Labute approximate surface area is 101 Å². The van der Waals surface area contributed by atoms with Crippen LogP contribution in [0.15, 0.2) is 18.2 Å². The van der Waals surface area contributed by atoms with Crippen LogP contribution in [0.3, 0.4) is 0 Å². The summed E-state index contributed by atoms with van der Waals surface area (Å²) in [6, 6.07) is 4.70. The lowest BCUT2D eigenvalue weighted by Gasteiger charge is -2.33. The normalized spacial score (nSPS) is 20.8. The van der Waals surface area contributed by atoms with Crippen LogP contribution in [0.5, 0.6) is 0 Å². The molecule has 1 aromatic carbocycles. The molecule has 1 saturated heterocycles. The minimum Gasteiger partial charge on any atom is -0.309 e. The number of rotatable bonds is 2. The number of amides is 1. The number of aryl methyl sites for hydroxylation is 1. The van der Waals surface area contributed by atoms with Gasteiger partial charge in [0, 0.05) is 6.54 Å². The maximum Gasteiger partial charge on any atom is 0.244 e. The molecule has 0 saturated carbocycles. The molecule has 0 bridgehead atoms. The number of anilines is 1. The molecule has 3 nitrogen and oxygen atoms in total. The molecule has 0 radical (unpaired) electrons. The summed E-state index contributed by atoms with van der Waals surface area (Å²) in [4.78, 5) is 13.7. The van der Waals surface area contributed by atoms with E-state index in [9.17, 15) is 9.18 Å². The van der Waals surface area contributed by atoms with Crippen molar-refractivity contribution in [2.45, 2.75) is 25.8 Å². The Bertz CT molecular complexity index is 413. The van der Waals surface area contributed by atoms with Crippen molar-refractivity contribution in [3.8, 4) is 0 Å². The molecule has 0 spiro atoms. The van der Waals surface area contributed by atoms with E-state index in [2.05, 4.69) is 5.32 Å². The van der Waals surface area contributed by atoms with Crippen LogP contribution in [0.1, 0.15) is 18.4 Å². The lowest BCUT2D eigenvalue weighted by molar-refractivity contribution is -0.121. The molecule has 1 amide bonds. The van der Waals surface area contributed by atoms with Crippen LogP contribution in [-0.4, -0.2) is 25.5 Å². The summed E-state index contributed by atoms with van der Waals surface area (Å²) in [5, 5.41) is 2.98. The monoisotopic (exact) mass is 236 g/mol. The first-order chi connectivity index (χ1) is 8.15. The van der Waals surface area contributed by atoms with Gasteiger partial charge in [-0.2, -0.15) is 0 Å². The molecule has 0 aliphatic carbocycles. The van der Waals surface area contributed by atoms with Gasteiger partial charge in [0.05, 0.1) is 11.7 Å². The Morgan fingerprint density at radius 1 is 1.47 bits per heavy atom. The third kappa shape index (κ3) is 2.17. The van der Waals surface area contributed by atoms with Crippen molar-refractivity contribution in [1.82, 2.24) is 5.32 Å². The van der Waals surface area contributed by atoms with Crippen molar-refractivity contribution in [2.24, 2.45) is 0 Å². The van der Waals surface area contributed by atoms with E-state index in [4.69, 9.17) is 0 Å². The van der Waals surface area contributed by atoms with Gasteiger partial charge in [0.1, 0.15) is 5.82 Å². The van der Waals surface area contributed by atoms with Gasteiger partial charge in [0.2, 0.25) is 5.91 Å². The molecule has 1 heterocycles. The van der Waals surface area contributed by atoms with E-state index in [1.54, 1.807) is 18.0 Å². The van der Waals surface area contributed by atoms with Gasteiger partial charge in [0.15, 0.2) is 0 Å². The molecule has 17 heavy (non-hydrogen) atoms. The molecule has 1 fully saturated rings. The number of nitrogens with zero attached hydrogens (tertiary/aromatic N) is 1. The van der Waals surface area contributed by atoms with Crippen LogP contribution < -0.4 is 10.2 Å². The van der Waals surface area contributed by atoms with Crippen LogP contribution in [0.2, 0.25) is 0 Å². The van der Waals surface area contributed by atoms with Crippen molar-refractivity contribution in [2.75, 3.05) is 18.5 Å². The van der Waals surface area contributed by atoms with Gasteiger partial charge >= 0.3 is 0 Å². The maximum absolute atomic E-state index is 13.8. The predicted molar refractivity (Wildman–Crippen MR) is 65.6 cm³/mol. The molecular formula is C13H17FN2O. The number of hydrogen-bond donors (Lipinski definition) is 1. The molecular weight excluding hydrogens is 219 g/mol. The number of halogens is 1. The maximum atomic E-state index is 13.8. The second-order valence-electron chi connectivity index (χ2n) is 4.38. The largest absolute Gasteiger partial charge is 0.309 e. The van der Waals surface area contributed by atoms with Gasteiger partial charge < -0.3 is 10.2 Å². The molecule has 1 aromatic rings. The second-order valence-corrected chi connectivity index (χ2v) is 4.38. The summed E-state index contributed by atoms with van der Waals surface area (Å²) in [6.45, 7) is 2.42. The summed E-state index contributed by atoms with van der Waals surface area (Å²) in [5.74, 6) is -0.359. The van der Waals surface area contributed by atoms with E-state index in [1.165, 1.54) is 6.07 Å². The van der Waals surface area contributed by atoms with Gasteiger partial charge in [-0.25, -0.2) is 4.39 Å². The quantitative estimate of drug-likeness (QED) is 0.850. The fraction of sp³-hybridized carbons (Fsp3) is 0.462. The fourth-order valence-corrected chi connectivity index (χ4v) is 2.33. The Morgan fingerprint density at radius 2 is 2.24 bits per heavy atom. The van der Waals surface area contributed by atoms with Gasteiger partial charge in [-0.05, 0) is 38.4 Å². The standard InChI is InChI=1S/C13H17FN2O/c1-9-5-3-6-10(14)12(9)16-8-4-7-11(15-2)13(16)17/h3,5-6,11,15H,4,7-8H2,1-2H3. The Kier molecular flexibility index (Phi) is 3.43. The van der Waals surface area contributed by atoms with Crippen molar-refractivity contribution < 1.29 is 9.18 Å². The highest BCUT2D eigenvalue weighted by molar-refractivity contribution is 5.98. The zero-order chi connectivity index (χ0) is 12.4. The molecule has 1 N–H and O–H groups in total. The summed E-state index contributed by atoms with van der Waals surface area (Å²) in [6.07, 6.45) is 1.71. The first-order valence-corrected chi connectivity index (χ1v) is 5.89. The molecule has 4 heteroatoms. The highest BCUT2D eigenvalue weighted by Gasteiger charge is 2.30. The molecule has 2 rings (SSSR count). The molecule has 92 valence electrons. The third-order valence-electron chi connectivity index (χ3n) is 3.25. The number of hydrogen-bond acceptors (Lipinski definition) is 2. The van der Waals surface area contributed by atoms with Gasteiger partial charge in [-0.15, -0.1) is 0 Å². The molecule has 1 aliphatic rings. The average molecular weight is 236 g/mol. The Morgan fingerprint density at radius 3 is 2.88 bits per heavy atom. The summed E-state index contributed by atoms with van der Waals surface area (Å²) in [5.41, 5.74) is 1.23. The van der Waals surface area contributed by atoms with Gasteiger partial charge in [-0.3, -0.25) is 4.79 Å². The SMILES string of the molecule is CNC1CCCN(c2c(C)cccc2F)C1=O. The van der Waals surface area contributed by atoms with Crippen molar-refractivity contribution >= 4 is 11.6 Å². The first kappa shape index (κ1) is 12.0. The zero-order valence-corrected chi connectivity index (χ0v) is 10.2. The fourth-order valence-electron chi connectivity index (χ4n) is 2.33. The lowest BCUT2D eigenvalue weighted by atomic mass is 10.0. The lowest BCUT2D eigenvalue weighted by Crippen LogP contribution is -2.50. The topological polar surface area (TPSA) is 32.3 Å². The average Bonchev–Trinajstić information content (AvgIpc) is 2.31. The van der Waals surface area contributed by atoms with Crippen molar-refractivity contribution in [3.05, 3.63) is 29.6 Å². The highest BCUT2D eigenvalue weighted by Crippen LogP contribution is 2.27. The van der Waals surface area contributed by atoms with Crippen molar-refractivity contribution in [3.63, 3.8) is 0 Å². The number of benzene rings is 1. The summed E-state index contributed by atoms with van der Waals surface area (Å²) >= 11 is 0. The number of para-hydroxylation sites is 1. The summed E-state index contributed by atoms with van der Waals surface area (Å²) in [7, 11) is 1.76. The molecule has 0 aromatic heterocycles. The van der Waals surface area contributed by atoms with Crippen LogP contribution in [-0.2, 0) is 4.79 Å².